The number of halogens is 4. The summed E-state index contributed by atoms with van der Waals surface area (Å²) in [5.41, 5.74) is 0.0505. The number of hydrogen-bond acceptors (Lipinski definition) is 2. The summed E-state index contributed by atoms with van der Waals surface area (Å²) in [5, 5.41) is 0.222. The van der Waals surface area contributed by atoms with Gasteiger partial charge in [0.05, 0.1) is 11.3 Å². The van der Waals surface area contributed by atoms with Gasteiger partial charge in [-0.2, -0.15) is 13.2 Å². The number of alkyl halides is 3. The molecule has 0 radical (unpaired) electrons. The highest BCUT2D eigenvalue weighted by atomic mass is 35.5. The highest BCUT2D eigenvalue weighted by molar-refractivity contribution is 6.29. The van der Waals surface area contributed by atoms with Gasteiger partial charge in [0.25, 0.3) is 0 Å². The lowest BCUT2D eigenvalue weighted by atomic mass is 10.1. The Hall–Kier alpha value is -1.62. The van der Waals surface area contributed by atoms with Crippen molar-refractivity contribution in [2.45, 2.75) is 19.5 Å². The lowest BCUT2D eigenvalue weighted by Gasteiger charge is -2.09. The summed E-state index contributed by atoms with van der Waals surface area (Å²) in [4.78, 5) is 8.16. The van der Waals surface area contributed by atoms with E-state index in [1.54, 1.807) is 6.07 Å². The number of rotatable bonds is 2. The average molecular weight is 287 g/mol. The Kier molecular flexibility index (Phi) is 3.75. The molecule has 6 heteroatoms. The standard InChI is InChI=1S/C13H10ClF3N2/c1-2-12-18-10(7-11(14)19-12)8-4-3-5-9(6-8)13(15,16)17/h3-7H,2H2,1H3. The molecule has 19 heavy (non-hydrogen) atoms. The third-order valence-electron chi connectivity index (χ3n) is 2.54. The van der Waals surface area contributed by atoms with Crippen LogP contribution >= 0.6 is 11.6 Å². The van der Waals surface area contributed by atoms with E-state index in [2.05, 4.69) is 9.97 Å². The Morgan fingerprint density at radius 2 is 1.89 bits per heavy atom. The van der Waals surface area contributed by atoms with Gasteiger partial charge in [-0.15, -0.1) is 0 Å². The van der Waals surface area contributed by atoms with Crippen molar-refractivity contribution >= 4 is 11.6 Å². The summed E-state index contributed by atoms with van der Waals surface area (Å²) in [6, 6.07) is 6.44. The Morgan fingerprint density at radius 1 is 1.16 bits per heavy atom. The topological polar surface area (TPSA) is 25.8 Å². The molecule has 0 atom stereocenters. The summed E-state index contributed by atoms with van der Waals surface area (Å²) in [6.07, 6.45) is -3.81. The van der Waals surface area contributed by atoms with Crippen LogP contribution in [0.2, 0.25) is 5.15 Å². The minimum absolute atomic E-state index is 0.222. The predicted molar refractivity (Wildman–Crippen MR) is 66.9 cm³/mol. The minimum atomic E-state index is -4.37. The molecule has 0 amide bonds. The van der Waals surface area contributed by atoms with Crippen LogP contribution in [0.1, 0.15) is 18.3 Å². The fourth-order valence-electron chi connectivity index (χ4n) is 1.63. The van der Waals surface area contributed by atoms with Crippen molar-refractivity contribution in [3.8, 4) is 11.3 Å². The second kappa shape index (κ2) is 5.17. The summed E-state index contributed by atoms with van der Waals surface area (Å²) >= 11 is 5.84. The van der Waals surface area contributed by atoms with Crippen LogP contribution in [-0.4, -0.2) is 9.97 Å². The van der Waals surface area contributed by atoms with E-state index in [9.17, 15) is 13.2 Å². The first-order valence-electron chi connectivity index (χ1n) is 5.61. The largest absolute Gasteiger partial charge is 0.416 e. The zero-order valence-electron chi connectivity index (χ0n) is 10.0. The van der Waals surface area contributed by atoms with Crippen LogP contribution in [0, 0.1) is 0 Å². The smallest absolute Gasteiger partial charge is 0.233 e. The van der Waals surface area contributed by atoms with Crippen LogP contribution in [-0.2, 0) is 12.6 Å². The quantitative estimate of drug-likeness (QED) is 0.766. The first-order valence-corrected chi connectivity index (χ1v) is 5.99. The molecule has 1 aromatic carbocycles. The molecule has 0 aliphatic carbocycles. The molecule has 0 spiro atoms. The van der Waals surface area contributed by atoms with Crippen LogP contribution in [0.3, 0.4) is 0 Å². The maximum absolute atomic E-state index is 12.6. The molecular weight excluding hydrogens is 277 g/mol. The Morgan fingerprint density at radius 3 is 2.53 bits per heavy atom. The molecule has 1 heterocycles. The molecule has 0 aliphatic rings. The first kappa shape index (κ1) is 13.8. The molecule has 0 N–H and O–H groups in total. The van der Waals surface area contributed by atoms with E-state index < -0.39 is 11.7 Å². The molecule has 0 unspecified atom stereocenters. The second-order valence-corrected chi connectivity index (χ2v) is 4.31. The third-order valence-corrected chi connectivity index (χ3v) is 2.74. The van der Waals surface area contributed by atoms with Gasteiger partial charge in [-0.05, 0) is 12.1 Å². The highest BCUT2D eigenvalue weighted by Gasteiger charge is 2.30. The van der Waals surface area contributed by atoms with E-state index in [1.807, 2.05) is 6.92 Å². The van der Waals surface area contributed by atoms with Gasteiger partial charge >= 0.3 is 6.18 Å². The molecular formula is C13H10ClF3N2. The summed E-state index contributed by atoms with van der Waals surface area (Å²) in [7, 11) is 0. The highest BCUT2D eigenvalue weighted by Crippen LogP contribution is 2.32. The molecule has 0 fully saturated rings. The SMILES string of the molecule is CCc1nc(Cl)cc(-c2cccc(C(F)(F)F)c2)n1. The van der Waals surface area contributed by atoms with E-state index in [0.29, 0.717) is 23.5 Å². The molecule has 2 rings (SSSR count). The van der Waals surface area contributed by atoms with E-state index in [4.69, 9.17) is 11.6 Å². The van der Waals surface area contributed by atoms with Crippen LogP contribution < -0.4 is 0 Å². The van der Waals surface area contributed by atoms with Crippen molar-refractivity contribution in [2.24, 2.45) is 0 Å². The van der Waals surface area contributed by atoms with Crippen LogP contribution in [0.5, 0.6) is 0 Å². The summed E-state index contributed by atoms with van der Waals surface area (Å²) in [5.74, 6) is 0.500. The van der Waals surface area contributed by atoms with Crippen molar-refractivity contribution in [3.05, 3.63) is 46.9 Å². The molecule has 1 aromatic heterocycles. The summed E-state index contributed by atoms with van der Waals surface area (Å²) < 4.78 is 37.9. The normalized spacial score (nSPS) is 11.6. The van der Waals surface area contributed by atoms with Crippen molar-refractivity contribution in [1.82, 2.24) is 9.97 Å². The number of benzene rings is 1. The first-order chi connectivity index (χ1) is 8.90. The minimum Gasteiger partial charge on any atom is -0.233 e. The lowest BCUT2D eigenvalue weighted by molar-refractivity contribution is -0.137. The lowest BCUT2D eigenvalue weighted by Crippen LogP contribution is -2.05. The van der Waals surface area contributed by atoms with Crippen molar-refractivity contribution < 1.29 is 13.2 Å². The molecule has 0 saturated heterocycles. The number of aromatic nitrogens is 2. The van der Waals surface area contributed by atoms with Gasteiger partial charge in [-0.1, -0.05) is 30.7 Å². The number of aryl methyl sites for hydroxylation is 1. The van der Waals surface area contributed by atoms with Crippen molar-refractivity contribution in [1.29, 1.82) is 0 Å². The zero-order valence-corrected chi connectivity index (χ0v) is 10.8. The van der Waals surface area contributed by atoms with Gasteiger partial charge < -0.3 is 0 Å². The van der Waals surface area contributed by atoms with E-state index in [0.717, 1.165) is 12.1 Å². The van der Waals surface area contributed by atoms with Gasteiger partial charge in [-0.25, -0.2) is 9.97 Å². The molecule has 2 nitrogen and oxygen atoms in total. The molecule has 0 bridgehead atoms. The van der Waals surface area contributed by atoms with E-state index in [1.165, 1.54) is 12.1 Å². The predicted octanol–water partition coefficient (Wildman–Crippen LogP) is 4.38. The Bertz CT molecular complexity index is 597. The average Bonchev–Trinajstić information content (AvgIpc) is 2.37. The van der Waals surface area contributed by atoms with E-state index in [-0.39, 0.29) is 5.15 Å². The Balaban J connectivity index is 2.50. The summed E-state index contributed by atoms with van der Waals surface area (Å²) in [6.45, 7) is 1.85. The number of nitrogens with zero attached hydrogens (tertiary/aromatic N) is 2. The zero-order chi connectivity index (χ0) is 14.0. The third kappa shape index (κ3) is 3.23. The van der Waals surface area contributed by atoms with Crippen LogP contribution in [0.25, 0.3) is 11.3 Å². The van der Waals surface area contributed by atoms with Crippen LogP contribution in [0.4, 0.5) is 13.2 Å². The fourth-order valence-corrected chi connectivity index (χ4v) is 1.83. The molecule has 100 valence electrons. The van der Waals surface area contributed by atoms with E-state index >= 15 is 0 Å². The van der Waals surface area contributed by atoms with Gasteiger partial charge in [0.15, 0.2) is 0 Å². The Labute approximate surface area is 113 Å². The molecule has 0 aliphatic heterocycles. The monoisotopic (exact) mass is 286 g/mol. The van der Waals surface area contributed by atoms with Crippen molar-refractivity contribution in [2.75, 3.05) is 0 Å². The molecule has 0 saturated carbocycles. The maximum Gasteiger partial charge on any atom is 0.416 e. The van der Waals surface area contributed by atoms with Gasteiger partial charge in [-0.3, -0.25) is 0 Å². The maximum atomic E-state index is 12.6. The van der Waals surface area contributed by atoms with Gasteiger partial charge in [0, 0.05) is 18.1 Å². The molecule has 2 aromatic rings. The second-order valence-electron chi connectivity index (χ2n) is 3.92. The van der Waals surface area contributed by atoms with Gasteiger partial charge in [0.2, 0.25) is 0 Å². The van der Waals surface area contributed by atoms with Crippen molar-refractivity contribution in [3.63, 3.8) is 0 Å². The van der Waals surface area contributed by atoms with Gasteiger partial charge in [0.1, 0.15) is 11.0 Å². The fraction of sp³-hybridized carbons (Fsp3) is 0.231. The number of hydrogen-bond donors (Lipinski definition) is 0. The van der Waals surface area contributed by atoms with Crippen LogP contribution in [0.15, 0.2) is 30.3 Å².